The second-order valence-corrected chi connectivity index (χ2v) is 5.85. The van der Waals surface area contributed by atoms with E-state index in [1.54, 1.807) is 13.0 Å². The largest absolute Gasteiger partial charge is 0.418 e. The topological polar surface area (TPSA) is 87.4 Å². The van der Waals surface area contributed by atoms with Gasteiger partial charge in [0.05, 0.1) is 22.3 Å². The van der Waals surface area contributed by atoms with Crippen molar-refractivity contribution in [1.29, 1.82) is 0 Å². The molecule has 0 radical (unpaired) electrons. The number of aryl methyl sites for hydroxylation is 1. The summed E-state index contributed by atoms with van der Waals surface area (Å²) in [4.78, 5) is 11.8. The van der Waals surface area contributed by atoms with Crippen LogP contribution in [0.1, 0.15) is 23.1 Å². The van der Waals surface area contributed by atoms with Gasteiger partial charge >= 0.3 is 12.2 Å². The summed E-state index contributed by atoms with van der Waals surface area (Å²) in [6.45, 7) is 1.75. The van der Waals surface area contributed by atoms with Crippen LogP contribution < -0.4 is 10.6 Å². The first kappa shape index (κ1) is 19.4. The lowest BCUT2D eigenvalue weighted by molar-refractivity contribution is -0.206. The first-order chi connectivity index (χ1) is 11.6. The van der Waals surface area contributed by atoms with Crippen molar-refractivity contribution in [2.24, 2.45) is 0 Å². The van der Waals surface area contributed by atoms with E-state index in [1.807, 2.05) is 0 Å². The first-order valence-corrected chi connectivity index (χ1v) is 7.54. The van der Waals surface area contributed by atoms with Gasteiger partial charge in [-0.25, -0.2) is 4.79 Å². The highest BCUT2D eigenvalue weighted by Gasteiger charge is 2.39. The van der Waals surface area contributed by atoms with E-state index < -0.39 is 23.9 Å². The zero-order valence-corrected chi connectivity index (χ0v) is 14.1. The average molecular weight is 398 g/mol. The molecule has 25 heavy (non-hydrogen) atoms. The van der Waals surface area contributed by atoms with Crippen LogP contribution in [-0.4, -0.2) is 22.5 Å². The number of hydrogen-bond donors (Lipinski definition) is 3. The van der Waals surface area contributed by atoms with E-state index >= 15 is 0 Å². The van der Waals surface area contributed by atoms with E-state index in [9.17, 15) is 23.1 Å². The van der Waals surface area contributed by atoms with Crippen LogP contribution >= 0.6 is 23.2 Å². The molecule has 0 aliphatic carbocycles. The zero-order valence-electron chi connectivity index (χ0n) is 12.6. The Morgan fingerprint density at radius 2 is 1.92 bits per heavy atom. The summed E-state index contributed by atoms with van der Waals surface area (Å²) >= 11 is 11.7. The number of aromatic nitrogens is 1. The molecule has 1 atom stereocenters. The maximum Gasteiger partial charge on any atom is 0.418 e. The third-order valence-corrected chi connectivity index (χ3v) is 3.63. The van der Waals surface area contributed by atoms with Gasteiger partial charge in [0.1, 0.15) is 11.5 Å². The number of nitrogens with one attached hydrogen (secondary N) is 2. The van der Waals surface area contributed by atoms with E-state index in [0.29, 0.717) is 11.5 Å². The van der Waals surface area contributed by atoms with Gasteiger partial charge in [-0.1, -0.05) is 28.4 Å². The molecule has 0 aliphatic heterocycles. The number of aliphatic hydroxyl groups is 1. The minimum Gasteiger partial charge on any atom is -0.379 e. The fraction of sp³-hybridized carbons (Fsp3) is 0.286. The number of halogens is 5. The van der Waals surface area contributed by atoms with E-state index in [-0.39, 0.29) is 22.3 Å². The van der Waals surface area contributed by atoms with Gasteiger partial charge in [-0.05, 0) is 24.6 Å². The monoisotopic (exact) mass is 397 g/mol. The summed E-state index contributed by atoms with van der Waals surface area (Å²) in [5.41, 5.74) is -0.143. The van der Waals surface area contributed by atoms with Crippen molar-refractivity contribution in [1.82, 2.24) is 10.5 Å². The number of benzene rings is 1. The normalized spacial score (nSPS) is 12.8. The van der Waals surface area contributed by atoms with Crippen molar-refractivity contribution in [3.63, 3.8) is 0 Å². The Morgan fingerprint density at radius 1 is 1.32 bits per heavy atom. The Labute approximate surface area is 149 Å². The Hall–Kier alpha value is -1.97. The second-order valence-electron chi connectivity index (χ2n) is 5.04. The fourth-order valence-corrected chi connectivity index (χ4v) is 2.49. The summed E-state index contributed by atoms with van der Waals surface area (Å²) in [5.74, 6) is 0.571. The molecule has 136 valence electrons. The molecule has 0 bridgehead atoms. The lowest BCUT2D eigenvalue weighted by Crippen LogP contribution is -2.28. The number of alkyl halides is 3. The van der Waals surface area contributed by atoms with Gasteiger partial charge in [0.2, 0.25) is 0 Å². The van der Waals surface area contributed by atoms with Gasteiger partial charge in [-0.15, -0.1) is 0 Å². The smallest absolute Gasteiger partial charge is 0.379 e. The van der Waals surface area contributed by atoms with Crippen LogP contribution in [0.3, 0.4) is 0 Å². The van der Waals surface area contributed by atoms with E-state index in [4.69, 9.17) is 27.7 Å². The van der Waals surface area contributed by atoms with Gasteiger partial charge in [-0.2, -0.15) is 13.2 Å². The number of aliphatic hydroxyl groups excluding tert-OH is 1. The zero-order chi connectivity index (χ0) is 18.8. The Balaban J connectivity index is 2.07. The predicted molar refractivity (Wildman–Crippen MR) is 84.6 cm³/mol. The SMILES string of the molecule is Cc1cc(CNC(=O)Nc2c(Cl)cc([C@H](O)C(F)(F)F)cc2Cl)no1. The van der Waals surface area contributed by atoms with Gasteiger partial charge in [0.25, 0.3) is 0 Å². The van der Waals surface area contributed by atoms with Gasteiger partial charge in [0, 0.05) is 6.07 Å². The van der Waals surface area contributed by atoms with Gasteiger partial charge in [0.15, 0.2) is 6.10 Å². The Kier molecular flexibility index (Phi) is 5.81. The molecule has 0 fully saturated rings. The Morgan fingerprint density at radius 3 is 2.40 bits per heavy atom. The number of nitrogens with zero attached hydrogens (tertiary/aromatic N) is 1. The summed E-state index contributed by atoms with van der Waals surface area (Å²) in [7, 11) is 0. The van der Waals surface area contributed by atoms with Crippen LogP contribution in [0.4, 0.5) is 23.7 Å². The van der Waals surface area contributed by atoms with E-state index in [2.05, 4.69) is 15.8 Å². The fourth-order valence-electron chi connectivity index (χ4n) is 1.89. The third kappa shape index (κ3) is 5.00. The summed E-state index contributed by atoms with van der Waals surface area (Å²) in [6, 6.07) is 2.67. The lowest BCUT2D eigenvalue weighted by atomic mass is 10.1. The molecular weight excluding hydrogens is 386 g/mol. The predicted octanol–water partition coefficient (Wildman–Crippen LogP) is 4.21. The highest BCUT2D eigenvalue weighted by atomic mass is 35.5. The molecule has 11 heteroatoms. The van der Waals surface area contributed by atoms with Crippen LogP contribution in [-0.2, 0) is 6.54 Å². The maximum atomic E-state index is 12.5. The first-order valence-electron chi connectivity index (χ1n) is 6.78. The highest BCUT2D eigenvalue weighted by molar-refractivity contribution is 6.39. The van der Waals surface area contributed by atoms with Crippen molar-refractivity contribution in [2.75, 3.05) is 5.32 Å². The van der Waals surface area contributed by atoms with Crippen LogP contribution in [0.25, 0.3) is 0 Å². The molecule has 0 unspecified atom stereocenters. The maximum absolute atomic E-state index is 12.5. The van der Waals surface area contributed by atoms with Crippen molar-refractivity contribution in [3.05, 3.63) is 45.3 Å². The second kappa shape index (κ2) is 7.51. The molecule has 6 nitrogen and oxygen atoms in total. The van der Waals surface area contributed by atoms with Crippen molar-refractivity contribution in [3.8, 4) is 0 Å². The molecule has 1 aromatic carbocycles. The van der Waals surface area contributed by atoms with Gasteiger partial charge < -0.3 is 20.3 Å². The molecule has 2 amide bonds. The van der Waals surface area contributed by atoms with Crippen molar-refractivity contribution >= 4 is 34.9 Å². The van der Waals surface area contributed by atoms with Crippen LogP contribution in [0.5, 0.6) is 0 Å². The minimum atomic E-state index is -4.87. The third-order valence-electron chi connectivity index (χ3n) is 3.04. The summed E-state index contributed by atoms with van der Waals surface area (Å²) in [6.07, 6.45) is -7.60. The minimum absolute atomic E-state index is 0.0588. The molecule has 1 aromatic heterocycles. The number of rotatable bonds is 4. The van der Waals surface area contributed by atoms with Crippen LogP contribution in [0.15, 0.2) is 22.7 Å². The quantitative estimate of drug-likeness (QED) is 0.720. The molecule has 2 rings (SSSR count). The Bertz CT molecular complexity index is 757. The molecule has 3 N–H and O–H groups in total. The standard InChI is InChI=1S/C14H12Cl2F3N3O3/c1-6-2-8(22-25-6)5-20-13(24)21-11-9(15)3-7(4-10(11)16)12(23)14(17,18)19/h2-4,12,23H,5H2,1H3,(H2,20,21,24)/t12-/m0/s1. The molecule has 1 heterocycles. The van der Waals surface area contributed by atoms with Crippen LogP contribution in [0.2, 0.25) is 10.0 Å². The molecular formula is C14H12Cl2F3N3O3. The number of hydrogen-bond acceptors (Lipinski definition) is 4. The lowest BCUT2D eigenvalue weighted by Gasteiger charge is -2.17. The molecule has 0 spiro atoms. The van der Waals surface area contributed by atoms with Crippen LogP contribution in [0, 0.1) is 6.92 Å². The summed E-state index contributed by atoms with van der Waals surface area (Å²) in [5, 5.41) is 17.2. The van der Waals surface area contributed by atoms with E-state index in [0.717, 1.165) is 12.1 Å². The average Bonchev–Trinajstić information content (AvgIpc) is 2.92. The number of anilines is 1. The molecule has 2 aromatic rings. The van der Waals surface area contributed by atoms with Crippen molar-refractivity contribution in [2.45, 2.75) is 25.7 Å². The molecule has 0 saturated carbocycles. The molecule has 0 saturated heterocycles. The van der Waals surface area contributed by atoms with E-state index in [1.165, 1.54) is 0 Å². The molecule has 0 aliphatic rings. The van der Waals surface area contributed by atoms with Gasteiger partial charge in [-0.3, -0.25) is 0 Å². The number of urea groups is 1. The number of amides is 2. The van der Waals surface area contributed by atoms with Crippen molar-refractivity contribution < 1.29 is 27.6 Å². The summed E-state index contributed by atoms with van der Waals surface area (Å²) < 4.78 is 42.5. The number of carbonyl (C=O) groups excluding carboxylic acids is 1. The highest BCUT2D eigenvalue weighted by Crippen LogP contribution is 2.38. The number of carbonyl (C=O) groups is 1.